The topological polar surface area (TPSA) is 3.24 Å². The molecule has 158 valence electrons. The highest BCUT2D eigenvalue weighted by Gasteiger charge is 2.06. The van der Waals surface area contributed by atoms with Crippen LogP contribution in [0.3, 0.4) is 0 Å². The zero-order valence-corrected chi connectivity index (χ0v) is 18.6. The van der Waals surface area contributed by atoms with E-state index in [1.165, 1.54) is 68.9 Å². The van der Waals surface area contributed by atoms with E-state index in [1.807, 2.05) is 0 Å². The first-order valence-corrected chi connectivity index (χ1v) is 11.8. The molecule has 2 aromatic carbocycles. The van der Waals surface area contributed by atoms with Gasteiger partial charge in [0.15, 0.2) is 0 Å². The predicted octanol–water partition coefficient (Wildman–Crippen LogP) is 8.17. The average molecular weight is 392 g/mol. The zero-order chi connectivity index (χ0) is 20.4. The second kappa shape index (κ2) is 16.0. The van der Waals surface area contributed by atoms with Gasteiger partial charge in [-0.15, -0.1) is 0 Å². The molecule has 2 aromatic rings. The largest absolute Gasteiger partial charge is 0.295 e. The maximum atomic E-state index is 2.56. The summed E-state index contributed by atoms with van der Waals surface area (Å²) in [6, 6.07) is 21.7. The number of nitrogens with zero attached hydrogens (tertiary/aromatic N) is 1. The van der Waals surface area contributed by atoms with Crippen LogP contribution in [0, 0.1) is 0 Å². The molecular formula is C28H41N. The van der Waals surface area contributed by atoms with Crippen LogP contribution in [0.15, 0.2) is 72.8 Å². The molecule has 0 aliphatic heterocycles. The fourth-order valence-corrected chi connectivity index (χ4v) is 3.79. The Morgan fingerprint density at radius 2 is 1.07 bits per heavy atom. The number of unbranched alkanes of at least 4 members (excludes halogenated alkanes) is 8. The van der Waals surface area contributed by atoms with Gasteiger partial charge in [0, 0.05) is 19.6 Å². The molecule has 0 aromatic heterocycles. The average Bonchev–Trinajstić information content (AvgIpc) is 2.76. The van der Waals surface area contributed by atoms with Gasteiger partial charge >= 0.3 is 0 Å². The Kier molecular flexibility index (Phi) is 12.9. The molecule has 0 amide bonds. The Labute approximate surface area is 179 Å². The summed E-state index contributed by atoms with van der Waals surface area (Å²) >= 11 is 0. The molecule has 0 atom stereocenters. The molecule has 0 saturated heterocycles. The molecule has 1 nitrogen and oxygen atoms in total. The van der Waals surface area contributed by atoms with Gasteiger partial charge in [0.05, 0.1) is 0 Å². The molecule has 29 heavy (non-hydrogen) atoms. The highest BCUT2D eigenvalue weighted by molar-refractivity contribution is 5.17. The van der Waals surface area contributed by atoms with Crippen LogP contribution in [0.4, 0.5) is 0 Å². The lowest BCUT2D eigenvalue weighted by molar-refractivity contribution is 0.262. The van der Waals surface area contributed by atoms with E-state index >= 15 is 0 Å². The van der Waals surface area contributed by atoms with Crippen molar-refractivity contribution in [1.29, 1.82) is 0 Å². The van der Waals surface area contributed by atoms with E-state index < -0.39 is 0 Å². The monoisotopic (exact) mass is 391 g/mol. The summed E-state index contributed by atoms with van der Waals surface area (Å²) in [5, 5.41) is 0. The second-order valence-electron chi connectivity index (χ2n) is 8.21. The van der Waals surface area contributed by atoms with Crippen molar-refractivity contribution in [3.8, 4) is 0 Å². The molecule has 0 bridgehead atoms. The van der Waals surface area contributed by atoms with Gasteiger partial charge in [-0.05, 0) is 30.4 Å². The van der Waals surface area contributed by atoms with Gasteiger partial charge in [-0.3, -0.25) is 4.90 Å². The summed E-state index contributed by atoms with van der Waals surface area (Å²) in [6.45, 7) is 5.43. The molecule has 0 N–H and O–H groups in total. The van der Waals surface area contributed by atoms with Crippen molar-refractivity contribution < 1.29 is 0 Å². The third-order valence-electron chi connectivity index (χ3n) is 5.50. The number of benzene rings is 2. The minimum atomic E-state index is 1.02. The molecule has 0 aliphatic rings. The summed E-state index contributed by atoms with van der Waals surface area (Å²) in [5.74, 6) is 0. The molecule has 0 saturated carbocycles. The molecule has 0 spiro atoms. The van der Waals surface area contributed by atoms with Crippen LogP contribution in [0.1, 0.15) is 82.3 Å². The lowest BCUT2D eigenvalue weighted by Crippen LogP contribution is -2.23. The highest BCUT2D eigenvalue weighted by atomic mass is 15.1. The normalized spacial score (nSPS) is 11.5. The van der Waals surface area contributed by atoms with Crippen molar-refractivity contribution in [1.82, 2.24) is 4.90 Å². The second-order valence-corrected chi connectivity index (χ2v) is 8.21. The Morgan fingerprint density at radius 3 is 1.62 bits per heavy atom. The van der Waals surface area contributed by atoms with Crippen LogP contribution in [-0.2, 0) is 13.1 Å². The van der Waals surface area contributed by atoms with Gasteiger partial charge in [-0.25, -0.2) is 0 Å². The number of hydrogen-bond donors (Lipinski definition) is 0. The SMILES string of the molecule is CCCCCCCCCC/C=C/CCN(Cc1ccccc1)Cc1ccccc1. The first kappa shape index (κ1) is 23.4. The van der Waals surface area contributed by atoms with Gasteiger partial charge in [0.25, 0.3) is 0 Å². The highest BCUT2D eigenvalue weighted by Crippen LogP contribution is 2.12. The molecule has 1 heteroatoms. The third-order valence-corrected chi connectivity index (χ3v) is 5.50. The van der Waals surface area contributed by atoms with Crippen molar-refractivity contribution in [3.05, 3.63) is 83.9 Å². The standard InChI is InChI=1S/C28H41N/c1-2-3-4-5-6-7-8-9-10-11-12-19-24-29(25-27-20-15-13-16-21-27)26-28-22-17-14-18-23-28/h11-18,20-23H,2-10,19,24-26H2,1H3/b12-11+. The molecule has 2 rings (SSSR count). The lowest BCUT2D eigenvalue weighted by atomic mass is 10.1. The summed E-state index contributed by atoms with van der Waals surface area (Å²) in [6.07, 6.45) is 18.4. The van der Waals surface area contributed by atoms with Gasteiger partial charge in [-0.2, -0.15) is 0 Å². The van der Waals surface area contributed by atoms with Crippen molar-refractivity contribution >= 4 is 0 Å². The van der Waals surface area contributed by atoms with Crippen molar-refractivity contribution in [2.45, 2.75) is 84.2 Å². The van der Waals surface area contributed by atoms with Crippen LogP contribution >= 0.6 is 0 Å². The quantitative estimate of drug-likeness (QED) is 0.206. The predicted molar refractivity (Wildman–Crippen MR) is 128 cm³/mol. The first-order valence-electron chi connectivity index (χ1n) is 11.8. The van der Waals surface area contributed by atoms with E-state index in [0.717, 1.165) is 26.1 Å². The van der Waals surface area contributed by atoms with Crippen LogP contribution in [-0.4, -0.2) is 11.4 Å². The summed E-state index contributed by atoms with van der Waals surface area (Å²) in [4.78, 5) is 2.56. The van der Waals surface area contributed by atoms with Crippen LogP contribution in [0.25, 0.3) is 0 Å². The van der Waals surface area contributed by atoms with Crippen molar-refractivity contribution in [2.75, 3.05) is 6.54 Å². The molecule has 0 heterocycles. The Bertz CT molecular complexity index is 590. The molecule has 0 radical (unpaired) electrons. The maximum absolute atomic E-state index is 2.56. The number of hydrogen-bond acceptors (Lipinski definition) is 1. The Morgan fingerprint density at radius 1 is 0.586 bits per heavy atom. The summed E-state index contributed by atoms with van der Waals surface area (Å²) in [7, 11) is 0. The van der Waals surface area contributed by atoms with E-state index in [9.17, 15) is 0 Å². The van der Waals surface area contributed by atoms with Gasteiger partial charge in [0.2, 0.25) is 0 Å². The van der Waals surface area contributed by atoms with Crippen molar-refractivity contribution in [3.63, 3.8) is 0 Å². The minimum absolute atomic E-state index is 1.02. The first-order chi connectivity index (χ1) is 14.4. The molecule has 0 fully saturated rings. The number of allylic oxidation sites excluding steroid dienone is 1. The summed E-state index contributed by atoms with van der Waals surface area (Å²) in [5.41, 5.74) is 2.79. The van der Waals surface area contributed by atoms with Crippen LogP contribution in [0.2, 0.25) is 0 Å². The lowest BCUT2D eigenvalue weighted by Gasteiger charge is -2.22. The fourth-order valence-electron chi connectivity index (χ4n) is 3.79. The van der Waals surface area contributed by atoms with Gasteiger partial charge in [0.1, 0.15) is 0 Å². The molecular weight excluding hydrogens is 350 g/mol. The smallest absolute Gasteiger partial charge is 0.0237 e. The van der Waals surface area contributed by atoms with Crippen LogP contribution in [0.5, 0.6) is 0 Å². The fraction of sp³-hybridized carbons (Fsp3) is 0.500. The summed E-state index contributed by atoms with van der Waals surface area (Å²) < 4.78 is 0. The van der Waals surface area contributed by atoms with E-state index in [-0.39, 0.29) is 0 Å². The molecule has 0 unspecified atom stereocenters. The Hall–Kier alpha value is -1.86. The molecule has 0 aliphatic carbocycles. The zero-order valence-electron chi connectivity index (χ0n) is 18.6. The van der Waals surface area contributed by atoms with Crippen molar-refractivity contribution in [2.24, 2.45) is 0 Å². The van der Waals surface area contributed by atoms with Gasteiger partial charge in [-0.1, -0.05) is 125 Å². The van der Waals surface area contributed by atoms with E-state index in [4.69, 9.17) is 0 Å². The number of rotatable bonds is 16. The van der Waals surface area contributed by atoms with E-state index in [2.05, 4.69) is 84.6 Å². The third kappa shape index (κ3) is 11.7. The maximum Gasteiger partial charge on any atom is 0.0237 e. The Balaban J connectivity index is 1.64. The van der Waals surface area contributed by atoms with Crippen LogP contribution < -0.4 is 0 Å². The van der Waals surface area contributed by atoms with Gasteiger partial charge < -0.3 is 0 Å². The van der Waals surface area contributed by atoms with E-state index in [0.29, 0.717) is 0 Å². The minimum Gasteiger partial charge on any atom is -0.295 e. The van der Waals surface area contributed by atoms with E-state index in [1.54, 1.807) is 0 Å².